The SMILES string of the molecule is CC(c1ccc(NC(=O)C2CCCC2O)cc1)N1CCOCC1. The van der Waals surface area contributed by atoms with Crippen LogP contribution < -0.4 is 5.32 Å². The Balaban J connectivity index is 1.59. The van der Waals surface area contributed by atoms with E-state index in [4.69, 9.17) is 4.74 Å². The molecule has 0 aromatic heterocycles. The maximum absolute atomic E-state index is 12.2. The first-order valence-corrected chi connectivity index (χ1v) is 8.56. The minimum atomic E-state index is -0.490. The van der Waals surface area contributed by atoms with Gasteiger partial charge in [-0.3, -0.25) is 9.69 Å². The van der Waals surface area contributed by atoms with Gasteiger partial charge < -0.3 is 15.2 Å². The van der Waals surface area contributed by atoms with Crippen LogP contribution in [0.5, 0.6) is 0 Å². The van der Waals surface area contributed by atoms with Gasteiger partial charge in [-0.25, -0.2) is 0 Å². The lowest BCUT2D eigenvalue weighted by Gasteiger charge is -2.32. The molecule has 1 heterocycles. The maximum Gasteiger partial charge on any atom is 0.230 e. The zero-order chi connectivity index (χ0) is 16.2. The fourth-order valence-electron chi connectivity index (χ4n) is 3.50. The first-order chi connectivity index (χ1) is 11.1. The number of hydrogen-bond donors (Lipinski definition) is 2. The number of carbonyl (C=O) groups is 1. The first-order valence-electron chi connectivity index (χ1n) is 8.56. The Morgan fingerprint density at radius 1 is 1.26 bits per heavy atom. The Labute approximate surface area is 137 Å². The highest BCUT2D eigenvalue weighted by Gasteiger charge is 2.31. The molecule has 2 N–H and O–H groups in total. The minimum absolute atomic E-state index is 0.0658. The average molecular weight is 318 g/mol. The molecule has 0 radical (unpaired) electrons. The molecule has 1 aliphatic heterocycles. The van der Waals surface area contributed by atoms with E-state index >= 15 is 0 Å². The number of benzene rings is 1. The van der Waals surface area contributed by atoms with E-state index in [1.54, 1.807) is 0 Å². The number of nitrogens with zero attached hydrogens (tertiary/aromatic N) is 1. The summed E-state index contributed by atoms with van der Waals surface area (Å²) in [5.41, 5.74) is 2.04. The molecule has 5 nitrogen and oxygen atoms in total. The highest BCUT2D eigenvalue weighted by molar-refractivity contribution is 5.93. The van der Waals surface area contributed by atoms with Crippen molar-refractivity contribution in [3.8, 4) is 0 Å². The van der Waals surface area contributed by atoms with Crippen LogP contribution in [0.4, 0.5) is 5.69 Å². The van der Waals surface area contributed by atoms with Gasteiger partial charge in [-0.05, 0) is 43.9 Å². The fraction of sp³-hybridized carbons (Fsp3) is 0.611. The topological polar surface area (TPSA) is 61.8 Å². The van der Waals surface area contributed by atoms with Gasteiger partial charge >= 0.3 is 0 Å². The molecule has 0 bridgehead atoms. The zero-order valence-corrected chi connectivity index (χ0v) is 13.7. The normalized spacial score (nSPS) is 26.9. The van der Waals surface area contributed by atoms with Crippen molar-refractivity contribution in [2.24, 2.45) is 5.92 Å². The molecule has 5 heteroatoms. The van der Waals surface area contributed by atoms with Crippen LogP contribution in [0.15, 0.2) is 24.3 Å². The van der Waals surface area contributed by atoms with E-state index in [1.165, 1.54) is 5.56 Å². The van der Waals surface area contributed by atoms with Crippen LogP contribution in [0, 0.1) is 5.92 Å². The van der Waals surface area contributed by atoms with E-state index in [0.29, 0.717) is 6.04 Å². The summed E-state index contributed by atoms with van der Waals surface area (Å²) in [4.78, 5) is 14.6. The van der Waals surface area contributed by atoms with Gasteiger partial charge in [-0.2, -0.15) is 0 Å². The van der Waals surface area contributed by atoms with E-state index in [-0.39, 0.29) is 11.8 Å². The van der Waals surface area contributed by atoms with Gasteiger partial charge in [0.2, 0.25) is 5.91 Å². The average Bonchev–Trinajstić information content (AvgIpc) is 3.02. The fourth-order valence-corrected chi connectivity index (χ4v) is 3.50. The van der Waals surface area contributed by atoms with Crippen molar-refractivity contribution in [2.45, 2.75) is 38.3 Å². The van der Waals surface area contributed by atoms with Gasteiger partial charge in [0.15, 0.2) is 0 Å². The van der Waals surface area contributed by atoms with Crippen LogP contribution in [0.3, 0.4) is 0 Å². The highest BCUT2D eigenvalue weighted by Crippen LogP contribution is 2.27. The van der Waals surface area contributed by atoms with Crippen LogP contribution >= 0.6 is 0 Å². The van der Waals surface area contributed by atoms with Gasteiger partial charge in [0, 0.05) is 24.8 Å². The van der Waals surface area contributed by atoms with Crippen molar-refractivity contribution in [1.29, 1.82) is 0 Å². The Kier molecular flexibility index (Phi) is 5.30. The van der Waals surface area contributed by atoms with Gasteiger partial charge in [-0.1, -0.05) is 12.1 Å². The van der Waals surface area contributed by atoms with Gasteiger partial charge in [0.05, 0.1) is 25.2 Å². The predicted molar refractivity (Wildman–Crippen MR) is 89.2 cm³/mol. The number of ether oxygens (including phenoxy) is 1. The molecule has 1 aliphatic carbocycles. The summed E-state index contributed by atoms with van der Waals surface area (Å²) in [6.07, 6.45) is 1.94. The van der Waals surface area contributed by atoms with E-state index < -0.39 is 6.10 Å². The number of aliphatic hydroxyl groups excluding tert-OH is 1. The lowest BCUT2D eigenvalue weighted by molar-refractivity contribution is -0.122. The van der Waals surface area contributed by atoms with Crippen LogP contribution in [-0.2, 0) is 9.53 Å². The molecule has 1 saturated heterocycles. The molecule has 3 unspecified atom stereocenters. The smallest absolute Gasteiger partial charge is 0.230 e. The second kappa shape index (κ2) is 7.43. The van der Waals surface area contributed by atoms with E-state index in [2.05, 4.69) is 29.3 Å². The maximum atomic E-state index is 12.2. The van der Waals surface area contributed by atoms with Crippen molar-refractivity contribution < 1.29 is 14.6 Å². The standard InChI is InChI=1S/C18H26N2O3/c1-13(20-9-11-23-12-10-20)14-5-7-15(8-6-14)19-18(22)16-3-2-4-17(16)21/h5-8,13,16-17,21H,2-4,9-12H2,1H3,(H,19,22). The summed E-state index contributed by atoms with van der Waals surface area (Å²) >= 11 is 0. The zero-order valence-electron chi connectivity index (χ0n) is 13.7. The molecular formula is C18H26N2O3. The van der Waals surface area contributed by atoms with Crippen LogP contribution in [0.2, 0.25) is 0 Å². The monoisotopic (exact) mass is 318 g/mol. The van der Waals surface area contributed by atoms with Crippen LogP contribution in [0.25, 0.3) is 0 Å². The Morgan fingerprint density at radius 3 is 2.57 bits per heavy atom. The molecule has 3 atom stereocenters. The minimum Gasteiger partial charge on any atom is -0.392 e. The lowest BCUT2D eigenvalue weighted by atomic mass is 10.0. The molecule has 0 spiro atoms. The van der Waals surface area contributed by atoms with Gasteiger partial charge in [0.25, 0.3) is 0 Å². The largest absolute Gasteiger partial charge is 0.392 e. The number of rotatable bonds is 4. The van der Waals surface area contributed by atoms with Crippen molar-refractivity contribution in [1.82, 2.24) is 4.90 Å². The predicted octanol–water partition coefficient (Wildman–Crippen LogP) is 2.18. The Morgan fingerprint density at radius 2 is 1.96 bits per heavy atom. The molecule has 1 aromatic carbocycles. The molecule has 1 aromatic rings. The molecule has 2 aliphatic rings. The van der Waals surface area contributed by atoms with E-state index in [1.807, 2.05) is 12.1 Å². The summed E-state index contributed by atoms with van der Waals surface area (Å²) in [6.45, 7) is 5.70. The number of nitrogens with one attached hydrogen (secondary N) is 1. The Hall–Kier alpha value is -1.43. The number of hydrogen-bond acceptors (Lipinski definition) is 4. The molecule has 126 valence electrons. The molecule has 2 fully saturated rings. The van der Waals surface area contributed by atoms with Crippen molar-refractivity contribution in [3.05, 3.63) is 29.8 Å². The second-order valence-corrected chi connectivity index (χ2v) is 6.54. The number of amides is 1. The third-order valence-corrected chi connectivity index (χ3v) is 5.07. The number of aliphatic hydroxyl groups is 1. The van der Waals surface area contributed by atoms with Crippen molar-refractivity contribution in [2.75, 3.05) is 31.6 Å². The summed E-state index contributed by atoms with van der Waals surface area (Å²) in [5.74, 6) is -0.328. The van der Waals surface area contributed by atoms with E-state index in [9.17, 15) is 9.90 Å². The summed E-state index contributed by atoms with van der Waals surface area (Å²) in [5, 5.41) is 12.7. The van der Waals surface area contributed by atoms with Crippen LogP contribution in [0.1, 0.15) is 37.8 Å². The molecule has 23 heavy (non-hydrogen) atoms. The van der Waals surface area contributed by atoms with Crippen molar-refractivity contribution >= 4 is 11.6 Å². The number of morpholine rings is 1. The Bertz CT molecular complexity index is 526. The van der Waals surface area contributed by atoms with Crippen LogP contribution in [-0.4, -0.2) is 48.3 Å². The third-order valence-electron chi connectivity index (χ3n) is 5.07. The number of carbonyl (C=O) groups excluding carboxylic acids is 1. The first kappa shape index (κ1) is 16.4. The second-order valence-electron chi connectivity index (χ2n) is 6.54. The van der Waals surface area contributed by atoms with Crippen molar-refractivity contribution in [3.63, 3.8) is 0 Å². The van der Waals surface area contributed by atoms with Gasteiger partial charge in [0.1, 0.15) is 0 Å². The highest BCUT2D eigenvalue weighted by atomic mass is 16.5. The molecule has 3 rings (SSSR count). The molecule has 1 saturated carbocycles. The van der Waals surface area contributed by atoms with Gasteiger partial charge in [-0.15, -0.1) is 0 Å². The molecular weight excluding hydrogens is 292 g/mol. The number of anilines is 1. The molecule has 1 amide bonds. The lowest BCUT2D eigenvalue weighted by Crippen LogP contribution is -2.38. The summed E-state index contributed by atoms with van der Waals surface area (Å²) < 4.78 is 5.40. The van der Waals surface area contributed by atoms with E-state index in [0.717, 1.165) is 51.3 Å². The summed E-state index contributed by atoms with van der Waals surface area (Å²) in [7, 11) is 0. The summed E-state index contributed by atoms with van der Waals surface area (Å²) in [6, 6.07) is 8.39. The third kappa shape index (κ3) is 3.91. The quantitative estimate of drug-likeness (QED) is 0.893.